The first-order valence-electron chi connectivity index (χ1n) is 11.1. The smallest absolute Gasteiger partial charge is 0.347 e. The molecule has 1 aromatic heterocycles. The Bertz CT molecular complexity index is 1560. The van der Waals surface area contributed by atoms with Crippen LogP contribution in [0.4, 0.5) is 0 Å². The van der Waals surface area contributed by atoms with Crippen molar-refractivity contribution in [3.05, 3.63) is 124 Å². The van der Waals surface area contributed by atoms with E-state index in [0.717, 1.165) is 21.9 Å². The Balaban J connectivity index is 1.76. The number of ether oxygens (including phenoxy) is 2. The van der Waals surface area contributed by atoms with Crippen LogP contribution >= 0.6 is 0 Å². The first kappa shape index (κ1) is 20.2. The highest BCUT2D eigenvalue weighted by Crippen LogP contribution is 2.56. The molecule has 0 aliphatic carbocycles. The van der Waals surface area contributed by atoms with E-state index in [1.807, 2.05) is 91.0 Å². The van der Waals surface area contributed by atoms with Gasteiger partial charge in [-0.05, 0) is 16.8 Å². The van der Waals surface area contributed by atoms with Gasteiger partial charge in [-0.1, -0.05) is 91.0 Å². The van der Waals surface area contributed by atoms with Gasteiger partial charge < -0.3 is 13.9 Å². The molecule has 6 rings (SSSR count). The van der Waals surface area contributed by atoms with Gasteiger partial charge in [-0.2, -0.15) is 0 Å². The van der Waals surface area contributed by atoms with E-state index in [0.29, 0.717) is 16.7 Å². The van der Waals surface area contributed by atoms with Crippen LogP contribution in [0.3, 0.4) is 0 Å². The molecule has 5 aromatic rings. The molecule has 0 saturated carbocycles. The summed E-state index contributed by atoms with van der Waals surface area (Å²) in [5.74, 6) is -0.142. The first-order chi connectivity index (χ1) is 16.6. The normalized spacial score (nSPS) is 16.2. The SMILES string of the molecule is CC(=O)OC1c2c(c3c(ccc4ccccc43)oc2=O)OC1(c1ccccc1)c1ccccc1. The highest BCUT2D eigenvalue weighted by molar-refractivity contribution is 6.09. The lowest BCUT2D eigenvalue weighted by Crippen LogP contribution is -2.39. The summed E-state index contributed by atoms with van der Waals surface area (Å²) in [6, 6.07) is 30.6. The van der Waals surface area contributed by atoms with E-state index in [2.05, 4.69) is 0 Å². The van der Waals surface area contributed by atoms with Crippen LogP contribution in [0.25, 0.3) is 21.7 Å². The van der Waals surface area contributed by atoms with Crippen LogP contribution in [0.1, 0.15) is 29.7 Å². The molecular formula is C29H20O5. The standard InChI is InChI=1S/C29H20O5/c1-18(30)32-27-25-26(24-22-15-9-8-10-19(22)16-17-23(24)33-28(25)31)34-29(27,20-11-4-2-5-12-20)21-13-6-3-7-14-21/h2-17,27H,1H3. The molecule has 0 amide bonds. The van der Waals surface area contributed by atoms with E-state index in [1.54, 1.807) is 6.07 Å². The molecule has 5 heteroatoms. The van der Waals surface area contributed by atoms with Crippen molar-refractivity contribution in [3.63, 3.8) is 0 Å². The Labute approximate surface area is 195 Å². The molecule has 1 aliphatic rings. The van der Waals surface area contributed by atoms with E-state index in [-0.39, 0.29) is 5.56 Å². The lowest BCUT2D eigenvalue weighted by Gasteiger charge is -2.34. The van der Waals surface area contributed by atoms with Crippen LogP contribution in [0, 0.1) is 0 Å². The molecule has 0 spiro atoms. The van der Waals surface area contributed by atoms with Gasteiger partial charge in [-0.15, -0.1) is 0 Å². The van der Waals surface area contributed by atoms with Crippen molar-refractivity contribution in [3.8, 4) is 5.75 Å². The minimum atomic E-state index is -1.27. The first-order valence-corrected chi connectivity index (χ1v) is 11.1. The monoisotopic (exact) mass is 448 g/mol. The number of carbonyl (C=O) groups excluding carboxylic acids is 1. The Hall–Kier alpha value is -4.38. The molecule has 0 saturated heterocycles. The van der Waals surface area contributed by atoms with Crippen LogP contribution in [-0.2, 0) is 15.1 Å². The van der Waals surface area contributed by atoms with Gasteiger partial charge in [-0.25, -0.2) is 4.79 Å². The molecule has 1 atom stereocenters. The predicted octanol–water partition coefficient (Wildman–Crippen LogP) is 5.89. The fourth-order valence-electron chi connectivity index (χ4n) is 4.97. The van der Waals surface area contributed by atoms with Crippen molar-refractivity contribution >= 4 is 27.7 Å². The average Bonchev–Trinajstić information content (AvgIpc) is 3.20. The number of hydrogen-bond donors (Lipinski definition) is 0. The van der Waals surface area contributed by atoms with Crippen LogP contribution < -0.4 is 10.4 Å². The summed E-state index contributed by atoms with van der Waals surface area (Å²) in [5, 5.41) is 2.55. The summed E-state index contributed by atoms with van der Waals surface area (Å²) in [6.45, 7) is 1.33. The van der Waals surface area contributed by atoms with E-state index < -0.39 is 23.3 Å². The molecule has 2 heterocycles. The number of carbonyl (C=O) groups is 1. The van der Waals surface area contributed by atoms with Gasteiger partial charge in [0.2, 0.25) is 5.60 Å². The molecule has 0 radical (unpaired) electrons. The third kappa shape index (κ3) is 2.87. The maximum absolute atomic E-state index is 13.4. The maximum atomic E-state index is 13.4. The van der Waals surface area contributed by atoms with Gasteiger partial charge in [0.1, 0.15) is 16.9 Å². The molecule has 0 fully saturated rings. The highest BCUT2D eigenvalue weighted by Gasteiger charge is 2.56. The van der Waals surface area contributed by atoms with Crippen LogP contribution in [0.2, 0.25) is 0 Å². The van der Waals surface area contributed by atoms with Crippen molar-refractivity contribution in [1.29, 1.82) is 0 Å². The molecule has 166 valence electrons. The van der Waals surface area contributed by atoms with Gasteiger partial charge >= 0.3 is 11.6 Å². The molecular weight excluding hydrogens is 428 g/mol. The Morgan fingerprint density at radius 2 is 1.44 bits per heavy atom. The number of benzene rings is 4. The van der Waals surface area contributed by atoms with E-state index in [9.17, 15) is 9.59 Å². The Morgan fingerprint density at radius 3 is 2.09 bits per heavy atom. The van der Waals surface area contributed by atoms with Gasteiger partial charge in [-0.3, -0.25) is 4.79 Å². The summed E-state index contributed by atoms with van der Waals surface area (Å²) < 4.78 is 18.5. The van der Waals surface area contributed by atoms with E-state index in [1.165, 1.54) is 6.92 Å². The summed E-state index contributed by atoms with van der Waals surface area (Å²) in [7, 11) is 0. The number of rotatable bonds is 3. The zero-order chi connectivity index (χ0) is 23.3. The second kappa shape index (κ2) is 7.59. The van der Waals surface area contributed by atoms with Crippen molar-refractivity contribution in [2.45, 2.75) is 18.6 Å². The second-order valence-corrected chi connectivity index (χ2v) is 8.35. The fraction of sp³-hybridized carbons (Fsp3) is 0.103. The number of hydrogen-bond acceptors (Lipinski definition) is 5. The van der Waals surface area contributed by atoms with Gasteiger partial charge in [0.05, 0.1) is 5.39 Å². The number of esters is 1. The molecule has 34 heavy (non-hydrogen) atoms. The minimum Gasteiger partial charge on any atom is -0.472 e. The van der Waals surface area contributed by atoms with Gasteiger partial charge in [0.25, 0.3) is 0 Å². The molecule has 1 aliphatic heterocycles. The maximum Gasteiger partial charge on any atom is 0.347 e. The Morgan fingerprint density at radius 1 is 0.824 bits per heavy atom. The second-order valence-electron chi connectivity index (χ2n) is 8.35. The van der Waals surface area contributed by atoms with Gasteiger partial charge in [0.15, 0.2) is 6.10 Å². The zero-order valence-electron chi connectivity index (χ0n) is 18.4. The molecule has 0 N–H and O–H groups in total. The third-order valence-corrected chi connectivity index (χ3v) is 6.37. The third-order valence-electron chi connectivity index (χ3n) is 6.37. The topological polar surface area (TPSA) is 65.7 Å². The van der Waals surface area contributed by atoms with Crippen molar-refractivity contribution in [2.75, 3.05) is 0 Å². The quantitative estimate of drug-likeness (QED) is 0.196. The van der Waals surface area contributed by atoms with Crippen LogP contribution in [0.15, 0.2) is 106 Å². The number of fused-ring (bicyclic) bond motifs is 5. The molecule has 5 nitrogen and oxygen atoms in total. The van der Waals surface area contributed by atoms with Crippen LogP contribution in [0.5, 0.6) is 5.75 Å². The Kier molecular flexibility index (Phi) is 4.52. The van der Waals surface area contributed by atoms with Gasteiger partial charge in [0, 0.05) is 18.1 Å². The fourth-order valence-corrected chi connectivity index (χ4v) is 4.97. The molecule has 4 aromatic carbocycles. The highest BCUT2D eigenvalue weighted by atomic mass is 16.6. The van der Waals surface area contributed by atoms with E-state index in [4.69, 9.17) is 13.9 Å². The molecule has 1 unspecified atom stereocenters. The summed E-state index contributed by atoms with van der Waals surface area (Å²) in [4.78, 5) is 25.7. The summed E-state index contributed by atoms with van der Waals surface area (Å²) in [6.07, 6.45) is -1.04. The lowest BCUT2D eigenvalue weighted by atomic mass is 9.80. The van der Waals surface area contributed by atoms with Crippen molar-refractivity contribution < 1.29 is 18.7 Å². The zero-order valence-corrected chi connectivity index (χ0v) is 18.4. The van der Waals surface area contributed by atoms with Crippen molar-refractivity contribution in [2.24, 2.45) is 0 Å². The lowest BCUT2D eigenvalue weighted by molar-refractivity contribution is -0.154. The van der Waals surface area contributed by atoms with E-state index >= 15 is 0 Å². The molecule has 0 bridgehead atoms. The summed E-state index contributed by atoms with van der Waals surface area (Å²) in [5.41, 5.74) is 0.287. The summed E-state index contributed by atoms with van der Waals surface area (Å²) >= 11 is 0. The minimum absolute atomic E-state index is 0.201. The largest absolute Gasteiger partial charge is 0.472 e. The van der Waals surface area contributed by atoms with Crippen molar-refractivity contribution in [1.82, 2.24) is 0 Å². The predicted molar refractivity (Wildman–Crippen MR) is 129 cm³/mol. The van der Waals surface area contributed by atoms with Crippen LogP contribution in [-0.4, -0.2) is 5.97 Å². The average molecular weight is 448 g/mol.